The summed E-state index contributed by atoms with van der Waals surface area (Å²) in [6, 6.07) is 8.39. The molecule has 0 aliphatic heterocycles. The Morgan fingerprint density at radius 1 is 1.29 bits per heavy atom. The number of fused-ring (bicyclic) bond motifs is 1. The first-order chi connectivity index (χ1) is 10.1. The number of hydrogen-bond donors (Lipinski definition) is 1. The van der Waals surface area contributed by atoms with E-state index in [4.69, 9.17) is 11.0 Å². The van der Waals surface area contributed by atoms with Crippen molar-refractivity contribution in [2.75, 3.05) is 5.73 Å². The molecule has 0 spiro atoms. The number of nitriles is 1. The molecule has 0 saturated carbocycles. The standard InChI is InChI=1S/C14H12F2N2O.C2H6/c1-2-8-5-11(18)6-9-3-4-10(7-17)13(12(8)9)19-14(15)16;1-2/h3-6,14H,2,18H2,1H3;1-2H3. The van der Waals surface area contributed by atoms with Crippen molar-refractivity contribution < 1.29 is 13.5 Å². The van der Waals surface area contributed by atoms with E-state index in [1.54, 1.807) is 18.2 Å². The van der Waals surface area contributed by atoms with Gasteiger partial charge in [-0.1, -0.05) is 26.8 Å². The van der Waals surface area contributed by atoms with Crippen LogP contribution in [0.2, 0.25) is 0 Å². The van der Waals surface area contributed by atoms with E-state index in [9.17, 15) is 8.78 Å². The maximum atomic E-state index is 12.5. The summed E-state index contributed by atoms with van der Waals surface area (Å²) in [5.74, 6) is -0.0770. The van der Waals surface area contributed by atoms with Gasteiger partial charge in [-0.3, -0.25) is 0 Å². The van der Waals surface area contributed by atoms with Gasteiger partial charge in [-0.2, -0.15) is 14.0 Å². The largest absolute Gasteiger partial charge is 0.433 e. The monoisotopic (exact) mass is 292 g/mol. The van der Waals surface area contributed by atoms with Gasteiger partial charge in [-0.05, 0) is 35.6 Å². The normalized spacial score (nSPS) is 9.95. The fraction of sp³-hybridized carbons (Fsp3) is 0.312. The molecule has 0 radical (unpaired) electrons. The molecule has 112 valence electrons. The van der Waals surface area contributed by atoms with E-state index < -0.39 is 6.61 Å². The fourth-order valence-electron chi connectivity index (χ4n) is 2.12. The lowest BCUT2D eigenvalue weighted by molar-refractivity contribution is -0.0489. The summed E-state index contributed by atoms with van der Waals surface area (Å²) in [6.45, 7) is 2.92. The fourth-order valence-corrected chi connectivity index (χ4v) is 2.12. The van der Waals surface area contributed by atoms with Crippen molar-refractivity contribution in [2.24, 2.45) is 0 Å². The number of benzene rings is 2. The molecule has 2 rings (SSSR count). The second-order valence-corrected chi connectivity index (χ2v) is 4.06. The molecule has 0 heterocycles. The molecule has 0 unspecified atom stereocenters. The van der Waals surface area contributed by atoms with Crippen LogP contribution in [0.1, 0.15) is 31.9 Å². The van der Waals surface area contributed by atoms with Crippen LogP contribution in [0, 0.1) is 11.3 Å². The Morgan fingerprint density at radius 2 is 1.95 bits per heavy atom. The van der Waals surface area contributed by atoms with Gasteiger partial charge >= 0.3 is 6.61 Å². The van der Waals surface area contributed by atoms with Crippen LogP contribution in [0.3, 0.4) is 0 Å². The molecule has 0 saturated heterocycles. The average Bonchev–Trinajstić information content (AvgIpc) is 2.48. The minimum Gasteiger partial charge on any atom is -0.433 e. The topological polar surface area (TPSA) is 59.0 Å². The highest BCUT2D eigenvalue weighted by Gasteiger charge is 2.16. The summed E-state index contributed by atoms with van der Waals surface area (Å²) >= 11 is 0. The van der Waals surface area contributed by atoms with Gasteiger partial charge in [0.25, 0.3) is 0 Å². The van der Waals surface area contributed by atoms with Crippen molar-refractivity contribution in [3.05, 3.63) is 35.4 Å². The molecule has 0 fully saturated rings. The quantitative estimate of drug-likeness (QED) is 0.848. The minimum atomic E-state index is -2.97. The van der Waals surface area contributed by atoms with Crippen molar-refractivity contribution >= 4 is 16.5 Å². The molecule has 0 aliphatic rings. The second-order valence-electron chi connectivity index (χ2n) is 4.06. The van der Waals surface area contributed by atoms with Crippen molar-refractivity contribution in [1.82, 2.24) is 0 Å². The Kier molecular flexibility index (Phi) is 5.92. The zero-order valence-electron chi connectivity index (χ0n) is 12.3. The van der Waals surface area contributed by atoms with Gasteiger partial charge in [-0.15, -0.1) is 0 Å². The van der Waals surface area contributed by atoms with Crippen molar-refractivity contribution in [3.63, 3.8) is 0 Å². The number of nitrogens with two attached hydrogens (primary N) is 1. The Balaban J connectivity index is 0.00000106. The number of nitrogen functional groups attached to an aromatic ring is 1. The number of ether oxygens (including phenoxy) is 1. The number of anilines is 1. The van der Waals surface area contributed by atoms with Gasteiger partial charge in [0.05, 0.1) is 5.56 Å². The third kappa shape index (κ3) is 3.60. The smallest absolute Gasteiger partial charge is 0.387 e. The third-order valence-corrected chi connectivity index (χ3v) is 2.88. The van der Waals surface area contributed by atoms with Crippen LogP contribution in [-0.2, 0) is 6.42 Å². The number of rotatable bonds is 3. The first kappa shape index (κ1) is 16.7. The van der Waals surface area contributed by atoms with Gasteiger partial charge in [0.1, 0.15) is 6.07 Å². The minimum absolute atomic E-state index is 0.0770. The van der Waals surface area contributed by atoms with Crippen LogP contribution in [-0.4, -0.2) is 6.61 Å². The summed E-state index contributed by atoms with van der Waals surface area (Å²) < 4.78 is 29.6. The Bertz CT molecular complexity index is 663. The lowest BCUT2D eigenvalue weighted by atomic mass is 9.98. The SMILES string of the molecule is CC.CCc1cc(N)cc2ccc(C#N)c(OC(F)F)c12. The van der Waals surface area contributed by atoms with E-state index in [1.807, 2.05) is 26.8 Å². The van der Waals surface area contributed by atoms with Crippen molar-refractivity contribution in [3.8, 4) is 11.8 Å². The zero-order chi connectivity index (χ0) is 16.0. The Morgan fingerprint density at radius 3 is 2.48 bits per heavy atom. The zero-order valence-corrected chi connectivity index (χ0v) is 12.3. The molecule has 2 aromatic rings. The van der Waals surface area contributed by atoms with Crippen molar-refractivity contribution in [1.29, 1.82) is 5.26 Å². The van der Waals surface area contributed by atoms with Crippen LogP contribution >= 0.6 is 0 Å². The highest BCUT2D eigenvalue weighted by molar-refractivity contribution is 5.95. The molecule has 2 N–H and O–H groups in total. The molecular weight excluding hydrogens is 274 g/mol. The van der Waals surface area contributed by atoms with E-state index in [2.05, 4.69) is 4.74 Å². The lowest BCUT2D eigenvalue weighted by Gasteiger charge is -2.14. The maximum Gasteiger partial charge on any atom is 0.387 e. The van der Waals surface area contributed by atoms with E-state index in [-0.39, 0.29) is 11.3 Å². The van der Waals surface area contributed by atoms with Crippen molar-refractivity contribution in [2.45, 2.75) is 33.8 Å². The molecule has 0 bridgehead atoms. The second kappa shape index (κ2) is 7.44. The van der Waals surface area contributed by atoms with Gasteiger partial charge < -0.3 is 10.5 Å². The molecule has 5 heteroatoms. The summed E-state index contributed by atoms with van der Waals surface area (Å²) in [6.07, 6.45) is 0.607. The molecule has 0 atom stereocenters. The molecule has 0 aromatic heterocycles. The molecular formula is C16H18F2N2O. The van der Waals surface area contributed by atoms with E-state index in [0.717, 1.165) is 5.56 Å². The van der Waals surface area contributed by atoms with E-state index in [1.165, 1.54) is 6.07 Å². The summed E-state index contributed by atoms with van der Waals surface area (Å²) in [7, 11) is 0. The highest BCUT2D eigenvalue weighted by atomic mass is 19.3. The Hall–Kier alpha value is -2.35. The first-order valence-electron chi connectivity index (χ1n) is 6.76. The van der Waals surface area contributed by atoms with Crippen LogP contribution in [0.25, 0.3) is 10.8 Å². The third-order valence-electron chi connectivity index (χ3n) is 2.88. The van der Waals surface area contributed by atoms with Crippen LogP contribution in [0.15, 0.2) is 24.3 Å². The van der Waals surface area contributed by atoms with E-state index >= 15 is 0 Å². The average molecular weight is 292 g/mol. The maximum absolute atomic E-state index is 12.5. The molecule has 2 aromatic carbocycles. The summed E-state index contributed by atoms with van der Waals surface area (Å²) in [5.41, 5.74) is 7.19. The predicted octanol–water partition coefficient (Wildman–Crippen LogP) is 4.48. The van der Waals surface area contributed by atoms with Crippen LogP contribution in [0.4, 0.5) is 14.5 Å². The number of alkyl halides is 2. The van der Waals surface area contributed by atoms with Gasteiger partial charge in [0.15, 0.2) is 5.75 Å². The molecule has 21 heavy (non-hydrogen) atoms. The van der Waals surface area contributed by atoms with Gasteiger partial charge in [0.2, 0.25) is 0 Å². The number of hydrogen-bond acceptors (Lipinski definition) is 3. The van der Waals surface area contributed by atoms with Crippen LogP contribution in [0.5, 0.6) is 5.75 Å². The predicted molar refractivity (Wildman–Crippen MR) is 80.4 cm³/mol. The highest BCUT2D eigenvalue weighted by Crippen LogP contribution is 2.35. The molecule has 0 amide bonds. The lowest BCUT2D eigenvalue weighted by Crippen LogP contribution is -2.05. The van der Waals surface area contributed by atoms with Gasteiger partial charge in [-0.25, -0.2) is 0 Å². The Labute approximate surface area is 122 Å². The summed E-state index contributed by atoms with van der Waals surface area (Å²) in [5, 5.41) is 10.2. The number of nitrogens with zero attached hydrogens (tertiary/aromatic N) is 1. The summed E-state index contributed by atoms with van der Waals surface area (Å²) in [4.78, 5) is 0. The first-order valence-corrected chi connectivity index (χ1v) is 6.76. The van der Waals surface area contributed by atoms with E-state index in [0.29, 0.717) is 22.9 Å². The number of halogens is 2. The van der Waals surface area contributed by atoms with Gasteiger partial charge in [0, 0.05) is 11.1 Å². The van der Waals surface area contributed by atoms with Crippen LogP contribution < -0.4 is 10.5 Å². The molecule has 3 nitrogen and oxygen atoms in total. The number of aryl methyl sites for hydroxylation is 1. The molecule has 0 aliphatic carbocycles.